The Balaban J connectivity index is 1.09. The Hall–Kier alpha value is -3.17. The lowest BCUT2D eigenvalue weighted by atomic mass is 9.85. The summed E-state index contributed by atoms with van der Waals surface area (Å²) in [5.74, 6) is 2.13. The van der Waals surface area contributed by atoms with Gasteiger partial charge >= 0.3 is 0 Å². The first-order valence-electron chi connectivity index (χ1n) is 14.6. The number of rotatable bonds is 7. The molecule has 2 aromatic heterocycles. The summed E-state index contributed by atoms with van der Waals surface area (Å²) in [6.45, 7) is 3.84. The first-order valence-corrected chi connectivity index (χ1v) is 14.6. The summed E-state index contributed by atoms with van der Waals surface area (Å²) in [6.07, 6.45) is 13.2. The number of carbonyl (C=O) groups is 1. The number of hydrogen-bond donors (Lipinski definition) is 2. The number of nitrogen functional groups attached to an aromatic ring is 1. The monoisotopic (exact) mass is 530 g/mol. The minimum Gasteiger partial charge on any atom is -0.491 e. The third-order valence-electron chi connectivity index (χ3n) is 9.39. The van der Waals surface area contributed by atoms with Crippen molar-refractivity contribution in [1.29, 1.82) is 0 Å². The fraction of sp³-hybridized carbons (Fsp3) is 0.567. The minimum absolute atomic E-state index is 0.103. The average Bonchev–Trinajstić information content (AvgIpc) is 3.67. The van der Waals surface area contributed by atoms with E-state index in [1.54, 1.807) is 6.33 Å². The van der Waals surface area contributed by atoms with Crippen molar-refractivity contribution in [2.45, 2.75) is 69.1 Å². The van der Waals surface area contributed by atoms with E-state index in [2.05, 4.69) is 38.1 Å². The summed E-state index contributed by atoms with van der Waals surface area (Å²) in [6, 6.07) is 8.65. The van der Waals surface area contributed by atoms with E-state index in [0.29, 0.717) is 37.0 Å². The first kappa shape index (κ1) is 24.8. The molecule has 9 nitrogen and oxygen atoms in total. The van der Waals surface area contributed by atoms with Crippen molar-refractivity contribution >= 4 is 22.8 Å². The zero-order chi connectivity index (χ0) is 26.4. The molecule has 1 amide bonds. The lowest BCUT2D eigenvalue weighted by molar-refractivity contribution is -0.124. The maximum absolute atomic E-state index is 11.8. The molecular formula is C30H38N6O3. The molecule has 0 unspecified atom stereocenters. The molecule has 206 valence electrons. The van der Waals surface area contributed by atoms with Gasteiger partial charge in [0.25, 0.3) is 0 Å². The maximum atomic E-state index is 11.8. The molecule has 2 bridgehead atoms. The van der Waals surface area contributed by atoms with E-state index in [9.17, 15) is 4.79 Å². The molecule has 3 N–H and O–H groups in total. The Morgan fingerprint density at radius 1 is 1.13 bits per heavy atom. The highest BCUT2D eigenvalue weighted by atomic mass is 16.6. The third-order valence-corrected chi connectivity index (χ3v) is 9.39. The van der Waals surface area contributed by atoms with E-state index < -0.39 is 0 Å². The van der Waals surface area contributed by atoms with Crippen molar-refractivity contribution < 1.29 is 14.3 Å². The molecule has 3 aliphatic heterocycles. The number of amides is 1. The van der Waals surface area contributed by atoms with Crippen LogP contribution in [-0.4, -0.2) is 69.8 Å². The largest absolute Gasteiger partial charge is 0.491 e. The molecule has 3 aromatic rings. The van der Waals surface area contributed by atoms with Gasteiger partial charge in [-0.2, -0.15) is 0 Å². The lowest BCUT2D eigenvalue weighted by Gasteiger charge is -2.34. The molecule has 9 heteroatoms. The molecule has 4 aliphatic rings. The molecule has 5 heterocycles. The van der Waals surface area contributed by atoms with E-state index in [-0.39, 0.29) is 11.5 Å². The number of hydrogen-bond acceptors (Lipinski definition) is 7. The van der Waals surface area contributed by atoms with Gasteiger partial charge < -0.3 is 25.1 Å². The van der Waals surface area contributed by atoms with Gasteiger partial charge in [-0.25, -0.2) is 9.97 Å². The molecule has 3 saturated heterocycles. The second-order valence-corrected chi connectivity index (χ2v) is 12.0. The van der Waals surface area contributed by atoms with Gasteiger partial charge in [-0.05, 0) is 75.0 Å². The fourth-order valence-electron chi connectivity index (χ4n) is 7.28. The van der Waals surface area contributed by atoms with Crippen molar-refractivity contribution in [1.82, 2.24) is 24.8 Å². The fourth-order valence-corrected chi connectivity index (χ4v) is 7.28. The van der Waals surface area contributed by atoms with Gasteiger partial charge in [0.05, 0.1) is 18.0 Å². The van der Waals surface area contributed by atoms with Crippen molar-refractivity contribution in [2.75, 3.05) is 38.5 Å². The van der Waals surface area contributed by atoms with Gasteiger partial charge in [0.2, 0.25) is 5.91 Å². The zero-order valence-corrected chi connectivity index (χ0v) is 22.5. The summed E-state index contributed by atoms with van der Waals surface area (Å²) < 4.78 is 14.8. The number of carbonyl (C=O) groups excluding carboxylic acids is 1. The Morgan fingerprint density at radius 3 is 2.74 bits per heavy atom. The van der Waals surface area contributed by atoms with Gasteiger partial charge in [-0.1, -0.05) is 12.1 Å². The van der Waals surface area contributed by atoms with Gasteiger partial charge in [-0.3, -0.25) is 9.69 Å². The highest BCUT2D eigenvalue weighted by Crippen LogP contribution is 2.44. The standard InChI is InChI=1S/C30H38N6O3/c31-28-27-25(21-2-1-3-24(14-21)38-18-30-10-8-23(39-30)9-11-30)16-36(29(27)34-19-33-28)22-6-4-20(5-7-22)15-35-13-12-32-26(37)17-35/h1-3,14,16,19-20,22-23H,4-13,15,17-18H2,(H,32,37)(H2,31,33,34)/t20-,22-,23?,30?. The molecule has 1 aliphatic carbocycles. The highest BCUT2D eigenvalue weighted by Gasteiger charge is 2.46. The second kappa shape index (κ2) is 10.1. The van der Waals surface area contributed by atoms with Crippen molar-refractivity contribution in [3.63, 3.8) is 0 Å². The Bertz CT molecular complexity index is 1360. The third kappa shape index (κ3) is 4.87. The smallest absolute Gasteiger partial charge is 0.234 e. The maximum Gasteiger partial charge on any atom is 0.234 e. The molecule has 4 fully saturated rings. The molecule has 1 saturated carbocycles. The number of anilines is 1. The number of nitrogens with zero attached hydrogens (tertiary/aromatic N) is 4. The van der Waals surface area contributed by atoms with Gasteiger partial charge in [0, 0.05) is 37.4 Å². The van der Waals surface area contributed by atoms with E-state index in [1.807, 2.05) is 12.1 Å². The number of piperazine rings is 1. The van der Waals surface area contributed by atoms with Crippen LogP contribution >= 0.6 is 0 Å². The second-order valence-electron chi connectivity index (χ2n) is 12.0. The van der Waals surface area contributed by atoms with Gasteiger partial charge in [-0.15, -0.1) is 0 Å². The summed E-state index contributed by atoms with van der Waals surface area (Å²) in [7, 11) is 0. The summed E-state index contributed by atoms with van der Waals surface area (Å²) in [4.78, 5) is 23.1. The van der Waals surface area contributed by atoms with Crippen LogP contribution in [0.3, 0.4) is 0 Å². The minimum atomic E-state index is -0.103. The number of nitrogens with one attached hydrogen (secondary N) is 1. The molecule has 7 rings (SSSR count). The molecular weight excluding hydrogens is 492 g/mol. The van der Waals surface area contributed by atoms with Crippen LogP contribution < -0.4 is 15.8 Å². The van der Waals surface area contributed by atoms with E-state index in [1.165, 1.54) is 0 Å². The normalized spacial score (nSPS) is 29.1. The van der Waals surface area contributed by atoms with Crippen molar-refractivity contribution in [3.05, 3.63) is 36.8 Å². The predicted octanol–water partition coefficient (Wildman–Crippen LogP) is 3.93. The van der Waals surface area contributed by atoms with Gasteiger partial charge in [0.1, 0.15) is 35.7 Å². The van der Waals surface area contributed by atoms with E-state index in [4.69, 9.17) is 20.2 Å². The number of nitrogens with two attached hydrogens (primary N) is 1. The number of benzene rings is 1. The topological polar surface area (TPSA) is 108 Å². The average molecular weight is 531 g/mol. The van der Waals surface area contributed by atoms with Crippen LogP contribution in [0, 0.1) is 5.92 Å². The Labute approximate surface area is 229 Å². The van der Waals surface area contributed by atoms with E-state index >= 15 is 0 Å². The first-order chi connectivity index (χ1) is 19.1. The molecule has 0 atom stereocenters. The lowest BCUT2D eigenvalue weighted by Crippen LogP contribution is -2.49. The Kier molecular flexibility index (Phi) is 6.43. The molecule has 0 radical (unpaired) electrons. The quantitative estimate of drug-likeness (QED) is 0.477. The molecule has 1 aromatic carbocycles. The van der Waals surface area contributed by atoms with Crippen LogP contribution in [0.4, 0.5) is 5.82 Å². The van der Waals surface area contributed by atoms with E-state index in [0.717, 1.165) is 98.9 Å². The molecule has 0 spiro atoms. The summed E-state index contributed by atoms with van der Waals surface area (Å²) >= 11 is 0. The van der Waals surface area contributed by atoms with Crippen LogP contribution in [0.1, 0.15) is 57.4 Å². The predicted molar refractivity (Wildman–Crippen MR) is 149 cm³/mol. The van der Waals surface area contributed by atoms with Crippen LogP contribution in [0.15, 0.2) is 36.8 Å². The van der Waals surface area contributed by atoms with Crippen molar-refractivity contribution in [3.8, 4) is 16.9 Å². The number of ether oxygens (including phenoxy) is 2. The van der Waals surface area contributed by atoms with Crippen LogP contribution in [-0.2, 0) is 9.53 Å². The highest BCUT2D eigenvalue weighted by molar-refractivity contribution is 6.00. The summed E-state index contributed by atoms with van der Waals surface area (Å²) in [5, 5.41) is 3.83. The number of fused-ring (bicyclic) bond motifs is 3. The zero-order valence-electron chi connectivity index (χ0n) is 22.5. The summed E-state index contributed by atoms with van der Waals surface area (Å²) in [5.41, 5.74) is 9.35. The van der Waals surface area contributed by atoms with Crippen LogP contribution in [0.5, 0.6) is 5.75 Å². The van der Waals surface area contributed by atoms with Crippen LogP contribution in [0.25, 0.3) is 22.2 Å². The van der Waals surface area contributed by atoms with Crippen LogP contribution in [0.2, 0.25) is 0 Å². The Morgan fingerprint density at radius 2 is 1.97 bits per heavy atom. The SMILES string of the molecule is Nc1ncnc2c1c(-c1cccc(OCC34CCC(CC3)O4)c1)cn2[C@H]1CC[C@H](CN2CCNC(=O)C2)CC1. The number of aromatic nitrogens is 3. The van der Waals surface area contributed by atoms with Gasteiger partial charge in [0.15, 0.2) is 0 Å². The molecule has 39 heavy (non-hydrogen) atoms. The van der Waals surface area contributed by atoms with Crippen molar-refractivity contribution in [2.24, 2.45) is 5.92 Å².